The van der Waals surface area contributed by atoms with Crippen molar-refractivity contribution >= 4 is 11.6 Å². The lowest BCUT2D eigenvalue weighted by atomic mass is 10.2. The molecule has 110 valence electrons. The van der Waals surface area contributed by atoms with E-state index in [9.17, 15) is 4.79 Å². The summed E-state index contributed by atoms with van der Waals surface area (Å²) >= 11 is 0. The van der Waals surface area contributed by atoms with Gasteiger partial charge in [-0.3, -0.25) is 4.79 Å². The SMILES string of the molecule is CCOc1ccccc1NC(=O)c1cn2c(n1)CCCC2. The number of hydrogen-bond donors (Lipinski definition) is 1. The molecule has 3 rings (SSSR count). The number of nitrogens with zero attached hydrogens (tertiary/aromatic N) is 2. The summed E-state index contributed by atoms with van der Waals surface area (Å²) in [7, 11) is 0. The Balaban J connectivity index is 1.78. The number of fused-ring (bicyclic) bond motifs is 1. The third kappa shape index (κ3) is 2.91. The molecule has 0 saturated carbocycles. The van der Waals surface area contributed by atoms with E-state index in [1.807, 2.05) is 37.4 Å². The van der Waals surface area contributed by atoms with E-state index in [2.05, 4.69) is 14.9 Å². The van der Waals surface area contributed by atoms with Crippen LogP contribution >= 0.6 is 0 Å². The topological polar surface area (TPSA) is 56.1 Å². The van der Waals surface area contributed by atoms with Crippen LogP contribution in [0.3, 0.4) is 0 Å². The molecular weight excluding hydrogens is 266 g/mol. The lowest BCUT2D eigenvalue weighted by Crippen LogP contribution is -2.13. The number of aryl methyl sites for hydroxylation is 2. The van der Waals surface area contributed by atoms with Gasteiger partial charge in [-0.1, -0.05) is 12.1 Å². The number of rotatable bonds is 4. The molecular formula is C16H19N3O2. The molecule has 5 heteroatoms. The van der Waals surface area contributed by atoms with Crippen molar-refractivity contribution in [3.63, 3.8) is 0 Å². The van der Waals surface area contributed by atoms with Crippen LogP contribution in [-0.2, 0) is 13.0 Å². The maximum absolute atomic E-state index is 12.3. The summed E-state index contributed by atoms with van der Waals surface area (Å²) in [4.78, 5) is 16.8. The Bertz CT molecular complexity index is 625. The van der Waals surface area contributed by atoms with Gasteiger partial charge >= 0.3 is 0 Å². The predicted molar refractivity (Wildman–Crippen MR) is 80.7 cm³/mol. The Kier molecular flexibility index (Phi) is 3.90. The normalized spacial score (nSPS) is 13.6. The number of anilines is 1. The molecule has 1 aromatic heterocycles. The molecule has 0 aliphatic carbocycles. The van der Waals surface area contributed by atoms with Crippen LogP contribution in [0.2, 0.25) is 0 Å². The fourth-order valence-corrected chi connectivity index (χ4v) is 2.56. The van der Waals surface area contributed by atoms with Crippen molar-refractivity contribution < 1.29 is 9.53 Å². The van der Waals surface area contributed by atoms with E-state index in [0.717, 1.165) is 31.6 Å². The molecule has 1 aliphatic heterocycles. The molecule has 1 N–H and O–H groups in total. The summed E-state index contributed by atoms with van der Waals surface area (Å²) in [5.41, 5.74) is 1.15. The Labute approximate surface area is 124 Å². The largest absolute Gasteiger partial charge is 0.492 e. The first-order valence-corrected chi connectivity index (χ1v) is 7.37. The van der Waals surface area contributed by atoms with Crippen LogP contribution in [0.4, 0.5) is 5.69 Å². The minimum Gasteiger partial charge on any atom is -0.492 e. The molecule has 2 aromatic rings. The van der Waals surface area contributed by atoms with Gasteiger partial charge in [0, 0.05) is 19.2 Å². The minimum absolute atomic E-state index is 0.191. The first-order chi connectivity index (χ1) is 10.3. The van der Waals surface area contributed by atoms with Crippen LogP contribution in [0.25, 0.3) is 0 Å². The van der Waals surface area contributed by atoms with E-state index in [1.54, 1.807) is 0 Å². The number of benzene rings is 1. The Morgan fingerprint density at radius 3 is 3.05 bits per heavy atom. The highest BCUT2D eigenvalue weighted by Gasteiger charge is 2.17. The second kappa shape index (κ2) is 5.99. The summed E-state index contributed by atoms with van der Waals surface area (Å²) in [5, 5.41) is 2.88. The third-order valence-electron chi connectivity index (χ3n) is 3.58. The molecule has 0 atom stereocenters. The molecule has 1 amide bonds. The van der Waals surface area contributed by atoms with E-state index in [4.69, 9.17) is 4.74 Å². The molecule has 1 aromatic carbocycles. The summed E-state index contributed by atoms with van der Waals surface area (Å²) in [6.07, 6.45) is 5.08. The molecule has 0 bridgehead atoms. The minimum atomic E-state index is -0.191. The van der Waals surface area contributed by atoms with Crippen molar-refractivity contribution in [3.05, 3.63) is 42.0 Å². The Hall–Kier alpha value is -2.30. The fraction of sp³-hybridized carbons (Fsp3) is 0.375. The van der Waals surface area contributed by atoms with Gasteiger partial charge in [0.25, 0.3) is 5.91 Å². The van der Waals surface area contributed by atoms with E-state index < -0.39 is 0 Å². The summed E-state index contributed by atoms with van der Waals surface area (Å²) in [6.45, 7) is 3.43. The molecule has 0 spiro atoms. The van der Waals surface area contributed by atoms with Gasteiger partial charge in [-0.05, 0) is 31.9 Å². The maximum atomic E-state index is 12.3. The zero-order chi connectivity index (χ0) is 14.7. The number of amides is 1. The number of aromatic nitrogens is 2. The van der Waals surface area contributed by atoms with Crippen LogP contribution in [0, 0.1) is 0 Å². The average Bonchev–Trinajstić information content (AvgIpc) is 2.93. The molecule has 2 heterocycles. The Morgan fingerprint density at radius 2 is 2.24 bits per heavy atom. The van der Waals surface area contributed by atoms with Gasteiger partial charge in [-0.15, -0.1) is 0 Å². The van der Waals surface area contributed by atoms with E-state index in [1.165, 1.54) is 0 Å². The van der Waals surface area contributed by atoms with Crippen LogP contribution in [0.15, 0.2) is 30.5 Å². The van der Waals surface area contributed by atoms with Gasteiger partial charge < -0.3 is 14.6 Å². The summed E-state index contributed by atoms with van der Waals surface area (Å²) < 4.78 is 7.59. The lowest BCUT2D eigenvalue weighted by Gasteiger charge is -2.11. The van der Waals surface area contributed by atoms with Gasteiger partial charge in [0.05, 0.1) is 12.3 Å². The van der Waals surface area contributed by atoms with Crippen LogP contribution in [0.1, 0.15) is 36.1 Å². The number of nitrogens with one attached hydrogen (secondary N) is 1. The van der Waals surface area contributed by atoms with Gasteiger partial charge in [-0.2, -0.15) is 0 Å². The fourth-order valence-electron chi connectivity index (χ4n) is 2.56. The van der Waals surface area contributed by atoms with Crippen molar-refractivity contribution in [2.24, 2.45) is 0 Å². The lowest BCUT2D eigenvalue weighted by molar-refractivity contribution is 0.102. The maximum Gasteiger partial charge on any atom is 0.275 e. The molecule has 1 aliphatic rings. The zero-order valence-electron chi connectivity index (χ0n) is 12.1. The average molecular weight is 285 g/mol. The second-order valence-corrected chi connectivity index (χ2v) is 5.08. The van der Waals surface area contributed by atoms with E-state index in [0.29, 0.717) is 23.7 Å². The highest BCUT2D eigenvalue weighted by atomic mass is 16.5. The number of imidazole rings is 1. The van der Waals surface area contributed by atoms with Gasteiger partial charge in [0.1, 0.15) is 17.3 Å². The first-order valence-electron chi connectivity index (χ1n) is 7.37. The number of para-hydroxylation sites is 2. The summed E-state index contributed by atoms with van der Waals surface area (Å²) in [6, 6.07) is 7.43. The van der Waals surface area contributed by atoms with Crippen LogP contribution in [0.5, 0.6) is 5.75 Å². The standard InChI is InChI=1S/C16H19N3O2/c1-2-21-14-8-4-3-7-12(14)18-16(20)13-11-19-10-6-5-9-15(19)17-13/h3-4,7-8,11H,2,5-6,9-10H2,1H3,(H,18,20). The van der Waals surface area contributed by atoms with Crippen molar-refractivity contribution in [2.45, 2.75) is 32.7 Å². The molecule has 0 fully saturated rings. The highest BCUT2D eigenvalue weighted by molar-refractivity contribution is 6.03. The van der Waals surface area contributed by atoms with Crippen molar-refractivity contribution in [1.82, 2.24) is 9.55 Å². The quantitative estimate of drug-likeness (QED) is 0.939. The second-order valence-electron chi connectivity index (χ2n) is 5.08. The predicted octanol–water partition coefficient (Wildman–Crippen LogP) is 2.87. The smallest absolute Gasteiger partial charge is 0.275 e. The molecule has 0 radical (unpaired) electrons. The van der Waals surface area contributed by atoms with Crippen LogP contribution in [-0.4, -0.2) is 22.1 Å². The Morgan fingerprint density at radius 1 is 1.38 bits per heavy atom. The van der Waals surface area contributed by atoms with Gasteiger partial charge in [0.15, 0.2) is 0 Å². The van der Waals surface area contributed by atoms with Crippen molar-refractivity contribution in [1.29, 1.82) is 0 Å². The van der Waals surface area contributed by atoms with Crippen molar-refractivity contribution in [2.75, 3.05) is 11.9 Å². The molecule has 5 nitrogen and oxygen atoms in total. The van der Waals surface area contributed by atoms with Crippen molar-refractivity contribution in [3.8, 4) is 5.75 Å². The first kappa shape index (κ1) is 13.7. The number of hydrogen-bond acceptors (Lipinski definition) is 3. The number of carbonyl (C=O) groups excluding carboxylic acids is 1. The van der Waals surface area contributed by atoms with E-state index in [-0.39, 0.29) is 5.91 Å². The van der Waals surface area contributed by atoms with Gasteiger partial charge in [0.2, 0.25) is 0 Å². The molecule has 0 unspecified atom stereocenters. The number of ether oxygens (including phenoxy) is 1. The molecule has 21 heavy (non-hydrogen) atoms. The monoisotopic (exact) mass is 285 g/mol. The van der Waals surface area contributed by atoms with E-state index >= 15 is 0 Å². The van der Waals surface area contributed by atoms with Crippen LogP contribution < -0.4 is 10.1 Å². The summed E-state index contributed by atoms with van der Waals surface area (Å²) in [5.74, 6) is 1.49. The third-order valence-corrected chi connectivity index (χ3v) is 3.58. The highest BCUT2D eigenvalue weighted by Crippen LogP contribution is 2.24. The van der Waals surface area contributed by atoms with Gasteiger partial charge in [-0.25, -0.2) is 4.98 Å². The molecule has 0 saturated heterocycles. The zero-order valence-corrected chi connectivity index (χ0v) is 12.1. The number of carbonyl (C=O) groups is 1.